The number of benzene rings is 1. The maximum Gasteiger partial charge on any atom is 0.317 e. The highest BCUT2D eigenvalue weighted by molar-refractivity contribution is 5.74. The summed E-state index contributed by atoms with van der Waals surface area (Å²) < 4.78 is 5.01. The van der Waals surface area contributed by atoms with Crippen LogP contribution in [0.3, 0.4) is 0 Å². The summed E-state index contributed by atoms with van der Waals surface area (Å²) in [6.45, 7) is 2.30. The van der Waals surface area contributed by atoms with E-state index in [0.29, 0.717) is 12.3 Å². The number of amides is 2. The number of hydrogen-bond donors (Lipinski definition) is 2. The van der Waals surface area contributed by atoms with E-state index in [1.54, 1.807) is 36.5 Å². The molecule has 0 radical (unpaired) electrons. The third-order valence-corrected chi connectivity index (χ3v) is 3.56. The molecule has 6 heteroatoms. The summed E-state index contributed by atoms with van der Waals surface area (Å²) in [5.41, 5.74) is 1.81. The minimum atomic E-state index is -0.190. The third-order valence-electron chi connectivity index (χ3n) is 3.56. The van der Waals surface area contributed by atoms with Gasteiger partial charge in [0.05, 0.1) is 13.2 Å². The molecule has 2 aromatic rings. The quantitative estimate of drug-likeness (QED) is 0.889. The van der Waals surface area contributed by atoms with Crippen LogP contribution in [0.2, 0.25) is 0 Å². The zero-order valence-corrected chi connectivity index (χ0v) is 13.5. The Morgan fingerprint density at radius 1 is 1.35 bits per heavy atom. The minimum absolute atomic E-state index is 0.0592. The zero-order chi connectivity index (χ0) is 16.8. The largest absolute Gasteiger partial charge is 0.504 e. The van der Waals surface area contributed by atoms with Crippen molar-refractivity contribution >= 4 is 6.03 Å². The first-order valence-corrected chi connectivity index (χ1v) is 7.28. The first kappa shape index (κ1) is 16.6. The van der Waals surface area contributed by atoms with Crippen molar-refractivity contribution in [3.05, 3.63) is 53.9 Å². The van der Waals surface area contributed by atoms with Gasteiger partial charge in [-0.2, -0.15) is 0 Å². The average molecular weight is 315 g/mol. The van der Waals surface area contributed by atoms with E-state index in [2.05, 4.69) is 10.3 Å². The van der Waals surface area contributed by atoms with E-state index < -0.39 is 0 Å². The van der Waals surface area contributed by atoms with Crippen LogP contribution in [0.5, 0.6) is 11.5 Å². The molecule has 2 rings (SSSR count). The predicted octanol–water partition coefficient (Wildman–Crippen LogP) is 2.70. The molecule has 2 amide bonds. The van der Waals surface area contributed by atoms with E-state index in [9.17, 15) is 9.90 Å². The van der Waals surface area contributed by atoms with Crippen LogP contribution in [0.15, 0.2) is 42.7 Å². The molecular weight excluding hydrogens is 294 g/mol. The molecule has 0 aliphatic heterocycles. The third kappa shape index (κ3) is 4.35. The van der Waals surface area contributed by atoms with Gasteiger partial charge in [0.25, 0.3) is 0 Å². The number of carbonyl (C=O) groups excluding carboxylic acids is 1. The van der Waals surface area contributed by atoms with Crippen molar-refractivity contribution in [1.82, 2.24) is 15.2 Å². The number of phenols is 1. The molecule has 0 aliphatic rings. The lowest BCUT2D eigenvalue weighted by atomic mass is 10.1. The molecule has 1 aromatic carbocycles. The molecule has 1 unspecified atom stereocenters. The number of aromatic nitrogens is 1. The average Bonchev–Trinajstić information content (AvgIpc) is 2.55. The first-order chi connectivity index (χ1) is 11.0. The van der Waals surface area contributed by atoms with Crippen molar-refractivity contribution in [3.8, 4) is 11.5 Å². The summed E-state index contributed by atoms with van der Waals surface area (Å²) in [6.07, 6.45) is 3.39. The number of aromatic hydroxyl groups is 1. The molecular formula is C17H21N3O3. The molecule has 0 saturated heterocycles. The Balaban J connectivity index is 1.96. The van der Waals surface area contributed by atoms with E-state index in [1.807, 2.05) is 25.1 Å². The highest BCUT2D eigenvalue weighted by Gasteiger charge is 2.14. The lowest BCUT2D eigenvalue weighted by Crippen LogP contribution is -2.38. The van der Waals surface area contributed by atoms with Gasteiger partial charge in [0, 0.05) is 26.0 Å². The Kier molecular flexibility index (Phi) is 5.41. The predicted molar refractivity (Wildman–Crippen MR) is 87.3 cm³/mol. The van der Waals surface area contributed by atoms with Crippen molar-refractivity contribution in [1.29, 1.82) is 0 Å². The van der Waals surface area contributed by atoms with Gasteiger partial charge in [-0.3, -0.25) is 4.98 Å². The topological polar surface area (TPSA) is 74.7 Å². The zero-order valence-electron chi connectivity index (χ0n) is 13.5. The van der Waals surface area contributed by atoms with E-state index in [-0.39, 0.29) is 17.8 Å². The van der Waals surface area contributed by atoms with E-state index in [0.717, 1.165) is 11.1 Å². The van der Waals surface area contributed by atoms with Crippen molar-refractivity contribution in [2.75, 3.05) is 14.2 Å². The van der Waals surface area contributed by atoms with Gasteiger partial charge in [0.2, 0.25) is 0 Å². The molecule has 1 atom stereocenters. The number of pyridine rings is 1. The lowest BCUT2D eigenvalue weighted by molar-refractivity contribution is 0.203. The van der Waals surface area contributed by atoms with Crippen molar-refractivity contribution < 1.29 is 14.6 Å². The standard InChI is InChI=1S/C17H21N3O3/c1-12(14-6-8-18-9-7-14)19-17(22)20(2)11-13-4-5-16(23-3)15(21)10-13/h4-10,12,21H,11H2,1-3H3,(H,19,22). The van der Waals surface area contributed by atoms with E-state index >= 15 is 0 Å². The fraction of sp³-hybridized carbons (Fsp3) is 0.294. The Labute approximate surface area is 135 Å². The van der Waals surface area contributed by atoms with Crippen LogP contribution < -0.4 is 10.1 Å². The summed E-state index contributed by atoms with van der Waals surface area (Å²) >= 11 is 0. The fourth-order valence-electron chi connectivity index (χ4n) is 2.21. The molecule has 0 bridgehead atoms. The number of ether oxygens (including phenoxy) is 1. The van der Waals surface area contributed by atoms with E-state index in [4.69, 9.17) is 4.74 Å². The summed E-state index contributed by atoms with van der Waals surface area (Å²) in [4.78, 5) is 17.8. The smallest absolute Gasteiger partial charge is 0.317 e. The second kappa shape index (κ2) is 7.49. The summed E-state index contributed by atoms with van der Waals surface area (Å²) in [7, 11) is 3.20. The molecule has 0 fully saturated rings. The van der Waals surface area contributed by atoms with Crippen LogP contribution in [-0.4, -0.2) is 35.2 Å². The normalized spacial score (nSPS) is 11.6. The number of carbonyl (C=O) groups is 1. The number of phenolic OH excluding ortho intramolecular Hbond substituents is 1. The lowest BCUT2D eigenvalue weighted by Gasteiger charge is -2.22. The fourth-order valence-corrected chi connectivity index (χ4v) is 2.21. The SMILES string of the molecule is COc1ccc(CN(C)C(=O)NC(C)c2ccncc2)cc1O. The Morgan fingerprint density at radius 2 is 2.04 bits per heavy atom. The van der Waals surface area contributed by atoms with Gasteiger partial charge in [0.15, 0.2) is 11.5 Å². The number of nitrogens with one attached hydrogen (secondary N) is 1. The monoisotopic (exact) mass is 315 g/mol. The summed E-state index contributed by atoms with van der Waals surface area (Å²) in [5.74, 6) is 0.469. The molecule has 1 aromatic heterocycles. The van der Waals surface area contributed by atoms with Crippen LogP contribution in [0, 0.1) is 0 Å². The van der Waals surface area contributed by atoms with Crippen LogP contribution in [0.25, 0.3) is 0 Å². The second-order valence-corrected chi connectivity index (χ2v) is 5.31. The molecule has 0 saturated carbocycles. The van der Waals surface area contributed by atoms with Gasteiger partial charge in [-0.15, -0.1) is 0 Å². The highest BCUT2D eigenvalue weighted by Crippen LogP contribution is 2.26. The summed E-state index contributed by atoms with van der Waals surface area (Å²) in [5, 5.41) is 12.7. The maximum absolute atomic E-state index is 12.3. The first-order valence-electron chi connectivity index (χ1n) is 7.28. The van der Waals surface area contributed by atoms with Gasteiger partial charge < -0.3 is 20.1 Å². The maximum atomic E-state index is 12.3. The minimum Gasteiger partial charge on any atom is -0.504 e. The van der Waals surface area contributed by atoms with Gasteiger partial charge in [-0.25, -0.2) is 4.79 Å². The Morgan fingerprint density at radius 3 is 2.65 bits per heavy atom. The number of methoxy groups -OCH3 is 1. The van der Waals surface area contributed by atoms with Crippen LogP contribution in [0.4, 0.5) is 4.79 Å². The van der Waals surface area contributed by atoms with Crippen molar-refractivity contribution in [2.45, 2.75) is 19.5 Å². The molecule has 23 heavy (non-hydrogen) atoms. The molecule has 0 spiro atoms. The molecule has 2 N–H and O–H groups in total. The van der Waals surface area contributed by atoms with Gasteiger partial charge in [0.1, 0.15) is 0 Å². The molecule has 6 nitrogen and oxygen atoms in total. The van der Waals surface area contributed by atoms with Crippen molar-refractivity contribution in [2.24, 2.45) is 0 Å². The Hall–Kier alpha value is -2.76. The highest BCUT2D eigenvalue weighted by atomic mass is 16.5. The number of nitrogens with zero attached hydrogens (tertiary/aromatic N) is 2. The molecule has 1 heterocycles. The van der Waals surface area contributed by atoms with E-state index in [1.165, 1.54) is 7.11 Å². The van der Waals surface area contributed by atoms with Crippen LogP contribution in [-0.2, 0) is 6.54 Å². The van der Waals surface area contributed by atoms with Crippen LogP contribution >= 0.6 is 0 Å². The van der Waals surface area contributed by atoms with Crippen LogP contribution in [0.1, 0.15) is 24.1 Å². The second-order valence-electron chi connectivity index (χ2n) is 5.31. The molecule has 0 aliphatic carbocycles. The van der Waals surface area contributed by atoms with Gasteiger partial charge in [-0.05, 0) is 42.3 Å². The van der Waals surface area contributed by atoms with Crippen molar-refractivity contribution in [3.63, 3.8) is 0 Å². The Bertz CT molecular complexity index is 661. The number of rotatable bonds is 5. The van der Waals surface area contributed by atoms with Gasteiger partial charge in [-0.1, -0.05) is 6.07 Å². The summed E-state index contributed by atoms with van der Waals surface area (Å²) in [6, 6.07) is 8.51. The van der Waals surface area contributed by atoms with Gasteiger partial charge >= 0.3 is 6.03 Å². The number of hydrogen-bond acceptors (Lipinski definition) is 4. The number of urea groups is 1. The molecule has 122 valence electrons.